The highest BCUT2D eigenvalue weighted by Gasteiger charge is 2.05. The molecule has 0 N–H and O–H groups in total. The Kier molecular flexibility index (Phi) is 2.13. The zero-order chi connectivity index (χ0) is 9.26. The first-order valence-electron chi connectivity index (χ1n) is 3.98. The maximum absolute atomic E-state index is 4.28. The molecule has 0 radical (unpaired) electrons. The second-order valence-electron chi connectivity index (χ2n) is 2.46. The summed E-state index contributed by atoms with van der Waals surface area (Å²) in [5.74, 6) is 2.31. The molecule has 0 atom stereocenters. The third kappa shape index (κ3) is 1.49. The van der Waals surface area contributed by atoms with E-state index < -0.39 is 0 Å². The molecule has 0 aromatic carbocycles. The van der Waals surface area contributed by atoms with Gasteiger partial charge in [-0.3, -0.25) is 0 Å². The van der Waals surface area contributed by atoms with Crippen molar-refractivity contribution in [3.05, 3.63) is 12.2 Å². The first-order valence-corrected chi connectivity index (χ1v) is 4.97. The third-order valence-corrected chi connectivity index (χ3v) is 2.31. The van der Waals surface area contributed by atoms with Crippen molar-refractivity contribution in [1.82, 2.24) is 24.6 Å². The van der Waals surface area contributed by atoms with Crippen LogP contribution in [0.25, 0.3) is 5.78 Å². The molecule has 0 aliphatic heterocycles. The Hall–Kier alpha value is -1.17. The van der Waals surface area contributed by atoms with Crippen LogP contribution in [-0.2, 0) is 0 Å². The van der Waals surface area contributed by atoms with Crippen LogP contribution < -0.4 is 0 Å². The highest BCUT2D eigenvalue weighted by atomic mass is 32.2. The molecular weight excluding hydrogens is 186 g/mol. The summed E-state index contributed by atoms with van der Waals surface area (Å²) < 4.78 is 1.65. The molecule has 0 bridgehead atoms. The van der Waals surface area contributed by atoms with E-state index in [0.29, 0.717) is 5.78 Å². The van der Waals surface area contributed by atoms with Crippen LogP contribution in [0.5, 0.6) is 0 Å². The number of thioether (sulfide) groups is 1. The summed E-state index contributed by atoms with van der Waals surface area (Å²) in [4.78, 5) is 12.4. The number of aryl methyl sites for hydroxylation is 1. The molecule has 0 spiro atoms. The van der Waals surface area contributed by atoms with E-state index in [-0.39, 0.29) is 0 Å². The van der Waals surface area contributed by atoms with E-state index in [1.54, 1.807) is 16.3 Å². The van der Waals surface area contributed by atoms with Gasteiger partial charge in [0.15, 0.2) is 5.16 Å². The third-order valence-electron chi connectivity index (χ3n) is 1.50. The predicted octanol–water partition coefficient (Wildman–Crippen LogP) is 0.940. The Balaban J connectivity index is 2.63. The van der Waals surface area contributed by atoms with Crippen molar-refractivity contribution in [2.75, 3.05) is 5.75 Å². The SMILES string of the molecule is CCSc1nc(C)nc2ncnn12. The Morgan fingerprint density at radius 2 is 2.31 bits per heavy atom. The van der Waals surface area contributed by atoms with Crippen LogP contribution in [0.15, 0.2) is 11.5 Å². The fourth-order valence-electron chi connectivity index (χ4n) is 1.02. The molecule has 68 valence electrons. The summed E-state index contributed by atoms with van der Waals surface area (Å²) in [6, 6.07) is 0. The van der Waals surface area contributed by atoms with Crippen molar-refractivity contribution in [3.8, 4) is 0 Å². The molecule has 0 saturated carbocycles. The fraction of sp³-hybridized carbons (Fsp3) is 0.429. The van der Waals surface area contributed by atoms with Gasteiger partial charge in [-0.25, -0.2) is 4.98 Å². The van der Waals surface area contributed by atoms with Gasteiger partial charge in [-0.05, 0) is 12.7 Å². The van der Waals surface area contributed by atoms with Crippen molar-refractivity contribution < 1.29 is 0 Å². The summed E-state index contributed by atoms with van der Waals surface area (Å²) in [6.07, 6.45) is 1.49. The van der Waals surface area contributed by atoms with Gasteiger partial charge < -0.3 is 0 Å². The molecule has 2 aromatic rings. The predicted molar refractivity (Wildman–Crippen MR) is 49.7 cm³/mol. The van der Waals surface area contributed by atoms with E-state index in [1.807, 2.05) is 6.92 Å². The molecule has 0 fully saturated rings. The normalized spacial score (nSPS) is 10.9. The zero-order valence-corrected chi connectivity index (χ0v) is 8.25. The van der Waals surface area contributed by atoms with Gasteiger partial charge in [0.1, 0.15) is 12.2 Å². The maximum atomic E-state index is 4.28. The molecule has 2 rings (SSSR count). The Morgan fingerprint density at radius 3 is 3.08 bits per heavy atom. The smallest absolute Gasteiger partial charge is 0.207 e. The topological polar surface area (TPSA) is 56.0 Å². The number of fused-ring (bicyclic) bond motifs is 1. The minimum atomic E-state index is 0.614. The molecule has 2 heterocycles. The molecule has 0 unspecified atom stereocenters. The van der Waals surface area contributed by atoms with Crippen LogP contribution in [0.4, 0.5) is 0 Å². The van der Waals surface area contributed by atoms with E-state index >= 15 is 0 Å². The zero-order valence-electron chi connectivity index (χ0n) is 7.43. The van der Waals surface area contributed by atoms with Crippen LogP contribution in [-0.4, -0.2) is 30.3 Å². The summed E-state index contributed by atoms with van der Waals surface area (Å²) in [5, 5.41) is 4.89. The summed E-state index contributed by atoms with van der Waals surface area (Å²) in [5.41, 5.74) is 0. The standard InChI is InChI=1S/C7H9N5S/c1-3-13-7-11-5(2)10-6-8-4-9-12(6)7/h4H,3H2,1-2H3. The van der Waals surface area contributed by atoms with Gasteiger partial charge in [-0.1, -0.05) is 18.7 Å². The fourth-order valence-corrected chi connectivity index (χ4v) is 1.73. The lowest BCUT2D eigenvalue weighted by molar-refractivity contribution is 0.751. The Morgan fingerprint density at radius 1 is 1.46 bits per heavy atom. The summed E-state index contributed by atoms with van der Waals surface area (Å²) >= 11 is 1.63. The van der Waals surface area contributed by atoms with Crippen LogP contribution in [0.3, 0.4) is 0 Å². The second kappa shape index (κ2) is 3.29. The van der Waals surface area contributed by atoms with Crippen molar-refractivity contribution >= 4 is 17.5 Å². The van der Waals surface area contributed by atoms with Crippen LogP contribution in [0.1, 0.15) is 12.7 Å². The molecular formula is C7H9N5S. The van der Waals surface area contributed by atoms with Gasteiger partial charge in [0.25, 0.3) is 5.78 Å². The highest BCUT2D eigenvalue weighted by Crippen LogP contribution is 2.14. The number of rotatable bonds is 2. The summed E-state index contributed by atoms with van der Waals surface area (Å²) in [7, 11) is 0. The molecule has 0 aliphatic rings. The number of aromatic nitrogens is 5. The quantitative estimate of drug-likeness (QED) is 0.667. The first kappa shape index (κ1) is 8.43. The van der Waals surface area contributed by atoms with Gasteiger partial charge >= 0.3 is 0 Å². The molecule has 5 nitrogen and oxygen atoms in total. The van der Waals surface area contributed by atoms with Crippen LogP contribution in [0, 0.1) is 6.92 Å². The number of nitrogens with zero attached hydrogens (tertiary/aromatic N) is 5. The Bertz CT molecular complexity index is 424. The largest absolute Gasteiger partial charge is 0.256 e. The van der Waals surface area contributed by atoms with E-state index in [9.17, 15) is 0 Å². The van der Waals surface area contributed by atoms with Gasteiger partial charge in [-0.15, -0.1) is 0 Å². The van der Waals surface area contributed by atoms with Gasteiger partial charge in [0, 0.05) is 0 Å². The van der Waals surface area contributed by atoms with Gasteiger partial charge in [0.2, 0.25) is 0 Å². The lowest BCUT2D eigenvalue weighted by atomic mass is 10.7. The molecule has 0 aliphatic carbocycles. The summed E-state index contributed by atoms with van der Waals surface area (Å²) in [6.45, 7) is 3.93. The van der Waals surface area contributed by atoms with Gasteiger partial charge in [-0.2, -0.15) is 19.6 Å². The number of hydrogen-bond donors (Lipinski definition) is 0. The molecule has 0 saturated heterocycles. The first-order chi connectivity index (χ1) is 6.31. The second-order valence-corrected chi connectivity index (χ2v) is 3.69. The Labute approximate surface area is 79.6 Å². The van der Waals surface area contributed by atoms with Crippen LogP contribution in [0.2, 0.25) is 0 Å². The van der Waals surface area contributed by atoms with E-state index in [0.717, 1.165) is 16.7 Å². The van der Waals surface area contributed by atoms with E-state index in [2.05, 4.69) is 27.0 Å². The average Bonchev–Trinajstić information content (AvgIpc) is 2.52. The lowest BCUT2D eigenvalue weighted by Gasteiger charge is -2.00. The van der Waals surface area contributed by atoms with Crippen molar-refractivity contribution in [1.29, 1.82) is 0 Å². The van der Waals surface area contributed by atoms with Crippen molar-refractivity contribution in [2.24, 2.45) is 0 Å². The minimum absolute atomic E-state index is 0.614. The number of hydrogen-bond acceptors (Lipinski definition) is 5. The van der Waals surface area contributed by atoms with E-state index in [1.165, 1.54) is 6.33 Å². The monoisotopic (exact) mass is 195 g/mol. The molecule has 0 amide bonds. The van der Waals surface area contributed by atoms with Gasteiger partial charge in [0.05, 0.1) is 0 Å². The molecule has 2 aromatic heterocycles. The average molecular weight is 195 g/mol. The maximum Gasteiger partial charge on any atom is 0.256 e. The van der Waals surface area contributed by atoms with Crippen molar-refractivity contribution in [2.45, 2.75) is 19.0 Å². The molecule has 13 heavy (non-hydrogen) atoms. The molecule has 6 heteroatoms. The highest BCUT2D eigenvalue weighted by molar-refractivity contribution is 7.99. The van der Waals surface area contributed by atoms with Crippen molar-refractivity contribution in [3.63, 3.8) is 0 Å². The lowest BCUT2D eigenvalue weighted by Crippen LogP contribution is -2.01. The minimum Gasteiger partial charge on any atom is -0.207 e. The van der Waals surface area contributed by atoms with E-state index in [4.69, 9.17) is 0 Å². The van der Waals surface area contributed by atoms with Crippen LogP contribution >= 0.6 is 11.8 Å².